The van der Waals surface area contributed by atoms with Gasteiger partial charge in [0.05, 0.1) is 5.92 Å². The Bertz CT molecular complexity index is 1060. The number of hydroxylamine groups is 2. The summed E-state index contributed by atoms with van der Waals surface area (Å²) in [5.41, 5.74) is 0.868. The average molecular weight is 447 g/mol. The third-order valence-electron chi connectivity index (χ3n) is 4.92. The first-order chi connectivity index (χ1) is 15.0. The number of carbonyl (C=O) groups is 1. The van der Waals surface area contributed by atoms with Gasteiger partial charge in [0.25, 0.3) is 0 Å². The highest BCUT2D eigenvalue weighted by Gasteiger charge is 2.50. The van der Waals surface area contributed by atoms with Crippen molar-refractivity contribution in [2.45, 2.75) is 24.3 Å². The fraction of sp³-hybridized carbons (Fsp3) is 0.160. The molecule has 0 spiro atoms. The molecule has 4 rings (SSSR count). The maximum Gasteiger partial charge on any atom is 0.335 e. The molecule has 1 heterocycles. The van der Waals surface area contributed by atoms with Gasteiger partial charge in [0.1, 0.15) is 0 Å². The lowest BCUT2D eigenvalue weighted by Gasteiger charge is -2.29. The molecule has 0 aromatic heterocycles. The third kappa shape index (κ3) is 4.13. The predicted molar refractivity (Wildman–Crippen MR) is 129 cm³/mol. The number of aliphatic imine (C=N–C) groups is 1. The van der Waals surface area contributed by atoms with Crippen molar-refractivity contribution in [3.63, 3.8) is 0 Å². The first-order valence-electron chi connectivity index (χ1n) is 10.0. The smallest absolute Gasteiger partial charge is 0.333 e. The maximum atomic E-state index is 12.5. The van der Waals surface area contributed by atoms with E-state index in [2.05, 4.69) is 0 Å². The van der Waals surface area contributed by atoms with Crippen molar-refractivity contribution in [2.24, 2.45) is 10.9 Å². The number of rotatable bonds is 5. The Morgan fingerprint density at radius 3 is 1.87 bits per heavy atom. The van der Waals surface area contributed by atoms with Gasteiger partial charge in [-0.15, -0.1) is 5.06 Å². The first kappa shape index (κ1) is 21.3. The number of hydrogen-bond donors (Lipinski definition) is 0. The van der Waals surface area contributed by atoms with Crippen LogP contribution >= 0.6 is 24.0 Å². The van der Waals surface area contributed by atoms with Gasteiger partial charge in [0.15, 0.2) is 10.5 Å². The van der Waals surface area contributed by atoms with E-state index in [1.165, 1.54) is 16.8 Å². The lowest BCUT2D eigenvalue weighted by Crippen LogP contribution is -2.41. The SMILES string of the molecule is CC(C)C(=O)ON1C(=S)C(c2ccccc2)(c2ccccc2)N=C1Sc1ccccc1. The fourth-order valence-electron chi connectivity index (χ4n) is 3.31. The Kier molecular flexibility index (Phi) is 6.20. The average Bonchev–Trinajstić information content (AvgIpc) is 3.08. The summed E-state index contributed by atoms with van der Waals surface area (Å²) in [5, 5.41) is 1.95. The van der Waals surface area contributed by atoms with Crippen molar-refractivity contribution in [3.8, 4) is 0 Å². The molecule has 0 N–H and O–H groups in total. The molecule has 1 aliphatic rings. The molecular formula is C25H22N2O2S2. The van der Waals surface area contributed by atoms with Crippen LogP contribution in [0.5, 0.6) is 0 Å². The van der Waals surface area contributed by atoms with Gasteiger partial charge in [0.2, 0.25) is 5.17 Å². The highest BCUT2D eigenvalue weighted by molar-refractivity contribution is 8.14. The number of amidine groups is 1. The molecular weight excluding hydrogens is 424 g/mol. The second kappa shape index (κ2) is 9.04. The van der Waals surface area contributed by atoms with E-state index in [4.69, 9.17) is 22.0 Å². The van der Waals surface area contributed by atoms with Gasteiger partial charge in [0, 0.05) is 4.90 Å². The number of thiocarbonyl (C=S) groups is 1. The number of carbonyl (C=O) groups excluding carboxylic acids is 1. The molecule has 0 bridgehead atoms. The molecule has 0 aliphatic carbocycles. The molecule has 0 amide bonds. The molecule has 0 radical (unpaired) electrons. The Labute approximate surface area is 191 Å². The first-order valence-corrected chi connectivity index (χ1v) is 11.2. The van der Waals surface area contributed by atoms with Crippen molar-refractivity contribution in [1.82, 2.24) is 5.06 Å². The lowest BCUT2D eigenvalue weighted by molar-refractivity contribution is -0.165. The minimum Gasteiger partial charge on any atom is -0.333 e. The molecule has 31 heavy (non-hydrogen) atoms. The number of benzene rings is 3. The van der Waals surface area contributed by atoms with Gasteiger partial charge in [-0.2, -0.15) is 0 Å². The second-order valence-electron chi connectivity index (χ2n) is 7.42. The molecule has 0 fully saturated rings. The van der Waals surface area contributed by atoms with E-state index in [1.54, 1.807) is 13.8 Å². The molecule has 1 aliphatic heterocycles. The Balaban J connectivity index is 1.87. The van der Waals surface area contributed by atoms with Crippen LogP contribution in [0.2, 0.25) is 0 Å². The van der Waals surface area contributed by atoms with Crippen LogP contribution in [0.25, 0.3) is 0 Å². The largest absolute Gasteiger partial charge is 0.335 e. The molecule has 0 saturated heterocycles. The Hall–Kier alpha value is -2.96. The van der Waals surface area contributed by atoms with Crippen molar-refractivity contribution >= 4 is 40.1 Å². The van der Waals surface area contributed by atoms with Crippen LogP contribution in [0.4, 0.5) is 0 Å². The molecule has 3 aromatic carbocycles. The van der Waals surface area contributed by atoms with Gasteiger partial charge >= 0.3 is 5.97 Å². The van der Waals surface area contributed by atoms with Crippen molar-refractivity contribution in [2.75, 3.05) is 0 Å². The second-order valence-corrected chi connectivity index (χ2v) is 8.84. The van der Waals surface area contributed by atoms with Crippen LogP contribution in [-0.2, 0) is 15.2 Å². The summed E-state index contributed by atoms with van der Waals surface area (Å²) in [6.45, 7) is 3.59. The van der Waals surface area contributed by atoms with Crippen LogP contribution in [-0.4, -0.2) is 21.2 Å². The van der Waals surface area contributed by atoms with Gasteiger partial charge in [-0.05, 0) is 35.0 Å². The van der Waals surface area contributed by atoms with Crippen molar-refractivity contribution in [3.05, 3.63) is 102 Å². The van der Waals surface area contributed by atoms with Crippen LogP contribution in [0.15, 0.2) is 101 Å². The molecule has 4 nitrogen and oxygen atoms in total. The van der Waals surface area contributed by atoms with Gasteiger partial charge in [-0.1, -0.05) is 105 Å². The van der Waals surface area contributed by atoms with Crippen LogP contribution in [0, 0.1) is 5.92 Å². The number of nitrogens with zero attached hydrogens (tertiary/aromatic N) is 2. The van der Waals surface area contributed by atoms with Crippen LogP contribution in [0.3, 0.4) is 0 Å². The standard InChI is InChI=1S/C25H22N2O2S2/c1-18(2)22(28)29-27-23(30)25(19-12-6-3-7-13-19,20-14-8-4-9-15-20)26-24(27)31-21-16-10-5-11-17-21/h3-18H,1-2H3. The van der Waals surface area contributed by atoms with Gasteiger partial charge < -0.3 is 4.84 Å². The van der Waals surface area contributed by atoms with E-state index in [1.807, 2.05) is 91.0 Å². The fourth-order valence-corrected chi connectivity index (χ4v) is 4.67. The maximum absolute atomic E-state index is 12.5. The highest BCUT2D eigenvalue weighted by Crippen LogP contribution is 2.44. The molecule has 0 atom stereocenters. The Morgan fingerprint density at radius 1 is 0.903 bits per heavy atom. The molecule has 3 aromatic rings. The van der Waals surface area contributed by atoms with E-state index < -0.39 is 5.54 Å². The summed E-state index contributed by atoms with van der Waals surface area (Å²) in [6, 6.07) is 29.6. The summed E-state index contributed by atoms with van der Waals surface area (Å²) < 4.78 is 0. The zero-order chi connectivity index (χ0) is 21.8. The van der Waals surface area contributed by atoms with E-state index in [0.717, 1.165) is 16.0 Å². The quantitative estimate of drug-likeness (QED) is 0.461. The minimum atomic E-state index is -0.966. The van der Waals surface area contributed by atoms with E-state index in [-0.39, 0.29) is 11.9 Å². The highest BCUT2D eigenvalue weighted by atomic mass is 32.2. The van der Waals surface area contributed by atoms with Crippen LogP contribution in [0.1, 0.15) is 25.0 Å². The molecule has 156 valence electrons. The normalized spacial score (nSPS) is 15.1. The summed E-state index contributed by atoms with van der Waals surface area (Å²) in [6.07, 6.45) is 0. The van der Waals surface area contributed by atoms with Crippen molar-refractivity contribution in [1.29, 1.82) is 0 Å². The molecule has 0 unspecified atom stereocenters. The zero-order valence-electron chi connectivity index (χ0n) is 17.3. The lowest BCUT2D eigenvalue weighted by atomic mass is 9.83. The summed E-state index contributed by atoms with van der Waals surface area (Å²) >= 11 is 7.38. The molecule has 6 heteroatoms. The van der Waals surface area contributed by atoms with Gasteiger partial charge in [-0.25, -0.2) is 9.79 Å². The summed E-state index contributed by atoms with van der Waals surface area (Å²) in [4.78, 5) is 24.8. The van der Waals surface area contributed by atoms with E-state index >= 15 is 0 Å². The minimum absolute atomic E-state index is 0.297. The number of thioether (sulfide) groups is 1. The van der Waals surface area contributed by atoms with E-state index in [9.17, 15) is 4.79 Å². The monoisotopic (exact) mass is 446 g/mol. The third-order valence-corrected chi connectivity index (χ3v) is 6.33. The van der Waals surface area contributed by atoms with Crippen molar-refractivity contribution < 1.29 is 9.63 Å². The number of hydrogen-bond acceptors (Lipinski definition) is 5. The topological polar surface area (TPSA) is 41.9 Å². The van der Waals surface area contributed by atoms with Crippen LogP contribution < -0.4 is 0 Å². The van der Waals surface area contributed by atoms with E-state index in [0.29, 0.717) is 10.2 Å². The zero-order valence-corrected chi connectivity index (χ0v) is 18.9. The molecule has 0 saturated carbocycles. The van der Waals surface area contributed by atoms with Gasteiger partial charge in [-0.3, -0.25) is 0 Å². The predicted octanol–water partition coefficient (Wildman–Crippen LogP) is 5.84. The summed E-state index contributed by atoms with van der Waals surface area (Å²) in [7, 11) is 0. The Morgan fingerprint density at radius 2 is 1.39 bits per heavy atom. The summed E-state index contributed by atoms with van der Waals surface area (Å²) in [5.74, 6) is -0.658.